The highest BCUT2D eigenvalue weighted by atomic mass is 32.1. The standard InChI is InChI=1S/C25H33N3O3S/c1-4-5-23(29)28-14-13-26(16-18(28)2)24(30)17-27-12-10-22-21(11-15-32-22)25(27)19-6-8-20(31-3)9-7-19/h6-9,11,15,18,25H,4-5,10,12-14,16-17H2,1-3H3. The van der Waals surface area contributed by atoms with E-state index in [9.17, 15) is 9.59 Å². The Balaban J connectivity index is 1.47. The van der Waals surface area contributed by atoms with Crippen LogP contribution < -0.4 is 4.74 Å². The Morgan fingerprint density at radius 1 is 1.09 bits per heavy atom. The minimum Gasteiger partial charge on any atom is -0.497 e. The van der Waals surface area contributed by atoms with Crippen molar-refractivity contribution in [3.63, 3.8) is 0 Å². The molecule has 1 aromatic carbocycles. The molecule has 7 heteroatoms. The number of carbonyl (C=O) groups is 2. The summed E-state index contributed by atoms with van der Waals surface area (Å²) in [4.78, 5) is 33.2. The molecule has 6 nitrogen and oxygen atoms in total. The molecule has 0 bridgehead atoms. The van der Waals surface area contributed by atoms with Gasteiger partial charge in [0.1, 0.15) is 5.75 Å². The second-order valence-electron chi connectivity index (χ2n) is 8.72. The molecule has 2 aliphatic rings. The van der Waals surface area contributed by atoms with Crippen molar-refractivity contribution in [2.75, 3.05) is 39.8 Å². The van der Waals surface area contributed by atoms with Crippen LogP contribution in [0, 0.1) is 0 Å². The zero-order valence-corrected chi connectivity index (χ0v) is 20.1. The van der Waals surface area contributed by atoms with Crippen molar-refractivity contribution in [3.05, 3.63) is 51.7 Å². The van der Waals surface area contributed by atoms with Gasteiger partial charge in [-0.3, -0.25) is 14.5 Å². The maximum Gasteiger partial charge on any atom is 0.236 e. The molecule has 1 aromatic heterocycles. The molecule has 2 unspecified atom stereocenters. The number of nitrogens with zero attached hydrogens (tertiary/aromatic N) is 3. The number of hydrogen-bond acceptors (Lipinski definition) is 5. The van der Waals surface area contributed by atoms with E-state index in [1.165, 1.54) is 16.0 Å². The number of ether oxygens (including phenoxy) is 1. The van der Waals surface area contributed by atoms with E-state index >= 15 is 0 Å². The number of hydrogen-bond donors (Lipinski definition) is 0. The molecule has 4 rings (SSSR count). The minimum absolute atomic E-state index is 0.0639. The van der Waals surface area contributed by atoms with Gasteiger partial charge in [-0.25, -0.2) is 0 Å². The Hall–Kier alpha value is -2.38. The highest BCUT2D eigenvalue weighted by Crippen LogP contribution is 2.38. The molecule has 1 saturated heterocycles. The second kappa shape index (κ2) is 10.0. The fourth-order valence-electron chi connectivity index (χ4n) is 4.90. The summed E-state index contributed by atoms with van der Waals surface area (Å²) in [5.41, 5.74) is 2.49. The molecule has 3 heterocycles. The van der Waals surface area contributed by atoms with Gasteiger partial charge < -0.3 is 14.5 Å². The van der Waals surface area contributed by atoms with Crippen LogP contribution >= 0.6 is 11.3 Å². The third kappa shape index (κ3) is 4.69. The summed E-state index contributed by atoms with van der Waals surface area (Å²) in [6.45, 7) is 7.18. The van der Waals surface area contributed by atoms with E-state index in [0.29, 0.717) is 32.6 Å². The van der Waals surface area contributed by atoms with Crippen LogP contribution in [0.1, 0.15) is 48.7 Å². The zero-order valence-electron chi connectivity index (χ0n) is 19.3. The van der Waals surface area contributed by atoms with E-state index < -0.39 is 0 Å². The number of thiophene rings is 1. The molecule has 0 N–H and O–H groups in total. The quantitative estimate of drug-likeness (QED) is 0.668. The van der Waals surface area contributed by atoms with Crippen molar-refractivity contribution >= 4 is 23.2 Å². The summed E-state index contributed by atoms with van der Waals surface area (Å²) >= 11 is 1.80. The monoisotopic (exact) mass is 455 g/mol. The number of fused-ring (bicyclic) bond motifs is 1. The first-order valence-corrected chi connectivity index (χ1v) is 12.4. The molecule has 0 saturated carbocycles. The highest BCUT2D eigenvalue weighted by Gasteiger charge is 2.34. The highest BCUT2D eigenvalue weighted by molar-refractivity contribution is 7.10. The van der Waals surface area contributed by atoms with Crippen LogP contribution in [0.3, 0.4) is 0 Å². The molecule has 2 aliphatic heterocycles. The lowest BCUT2D eigenvalue weighted by atomic mass is 9.93. The van der Waals surface area contributed by atoms with Gasteiger partial charge in [0.25, 0.3) is 0 Å². The number of rotatable bonds is 6. The molecule has 0 aliphatic carbocycles. The first-order valence-electron chi connectivity index (χ1n) is 11.5. The molecular weight excluding hydrogens is 422 g/mol. The third-order valence-corrected chi connectivity index (χ3v) is 7.60. The van der Waals surface area contributed by atoms with Gasteiger partial charge >= 0.3 is 0 Å². The fourth-order valence-corrected chi connectivity index (χ4v) is 5.80. The molecule has 172 valence electrons. The normalized spacial score (nSPS) is 21.3. The van der Waals surface area contributed by atoms with Crippen molar-refractivity contribution in [2.45, 2.75) is 45.2 Å². The molecule has 0 spiro atoms. The third-order valence-electron chi connectivity index (χ3n) is 6.60. The van der Waals surface area contributed by atoms with E-state index in [-0.39, 0.29) is 23.9 Å². The number of piperazine rings is 1. The summed E-state index contributed by atoms with van der Waals surface area (Å²) in [6, 6.07) is 10.5. The van der Waals surface area contributed by atoms with Crippen molar-refractivity contribution in [1.29, 1.82) is 0 Å². The van der Waals surface area contributed by atoms with Crippen LogP contribution in [-0.2, 0) is 16.0 Å². The number of amides is 2. The van der Waals surface area contributed by atoms with Crippen molar-refractivity contribution in [3.8, 4) is 5.75 Å². The lowest BCUT2D eigenvalue weighted by Crippen LogP contribution is -2.57. The Morgan fingerprint density at radius 2 is 1.88 bits per heavy atom. The van der Waals surface area contributed by atoms with Crippen molar-refractivity contribution < 1.29 is 14.3 Å². The number of carbonyl (C=O) groups excluding carboxylic acids is 2. The smallest absolute Gasteiger partial charge is 0.236 e. The van der Waals surface area contributed by atoms with Crippen LogP contribution in [-0.4, -0.2) is 72.4 Å². The first kappa shape index (κ1) is 22.8. The van der Waals surface area contributed by atoms with Gasteiger partial charge in [0.2, 0.25) is 11.8 Å². The molecule has 2 amide bonds. The van der Waals surface area contributed by atoms with E-state index in [4.69, 9.17) is 4.74 Å². The van der Waals surface area contributed by atoms with Crippen LogP contribution in [0.15, 0.2) is 35.7 Å². The summed E-state index contributed by atoms with van der Waals surface area (Å²) in [5, 5.41) is 2.15. The first-order chi connectivity index (χ1) is 15.5. The van der Waals surface area contributed by atoms with Crippen LogP contribution in [0.5, 0.6) is 5.75 Å². The van der Waals surface area contributed by atoms with Crippen molar-refractivity contribution in [1.82, 2.24) is 14.7 Å². The van der Waals surface area contributed by atoms with Crippen molar-refractivity contribution in [2.24, 2.45) is 0 Å². The zero-order chi connectivity index (χ0) is 22.7. The number of benzene rings is 1. The van der Waals surface area contributed by atoms with Gasteiger partial charge in [-0.1, -0.05) is 19.1 Å². The SMILES string of the molecule is CCCC(=O)N1CCN(C(=O)CN2CCc3sccc3C2c2ccc(OC)cc2)CC1C. The summed E-state index contributed by atoms with van der Waals surface area (Å²) in [6.07, 6.45) is 2.41. The Kier molecular flexibility index (Phi) is 7.16. The van der Waals surface area contributed by atoms with E-state index in [1.54, 1.807) is 18.4 Å². The van der Waals surface area contributed by atoms with Gasteiger partial charge in [-0.05, 0) is 54.5 Å². The van der Waals surface area contributed by atoms with Gasteiger partial charge in [0.05, 0.1) is 19.7 Å². The lowest BCUT2D eigenvalue weighted by Gasteiger charge is -2.42. The molecule has 0 radical (unpaired) electrons. The van der Waals surface area contributed by atoms with E-state index in [1.807, 2.05) is 35.8 Å². The molecule has 2 atom stereocenters. The van der Waals surface area contributed by atoms with E-state index in [2.05, 4.69) is 28.5 Å². The van der Waals surface area contributed by atoms with Gasteiger partial charge in [0, 0.05) is 43.5 Å². The topological polar surface area (TPSA) is 53.1 Å². The Morgan fingerprint density at radius 3 is 2.56 bits per heavy atom. The Labute approximate surface area is 194 Å². The molecular formula is C25H33N3O3S. The van der Waals surface area contributed by atoms with Gasteiger partial charge in [-0.2, -0.15) is 0 Å². The largest absolute Gasteiger partial charge is 0.497 e. The average molecular weight is 456 g/mol. The minimum atomic E-state index is 0.0639. The summed E-state index contributed by atoms with van der Waals surface area (Å²) < 4.78 is 5.33. The maximum atomic E-state index is 13.3. The Bertz CT molecular complexity index is 942. The van der Waals surface area contributed by atoms with E-state index in [0.717, 1.165) is 25.1 Å². The molecule has 32 heavy (non-hydrogen) atoms. The number of methoxy groups -OCH3 is 1. The van der Waals surface area contributed by atoms with Gasteiger partial charge in [0.15, 0.2) is 0 Å². The lowest BCUT2D eigenvalue weighted by molar-refractivity contribution is -0.143. The molecule has 2 aromatic rings. The predicted octanol–water partition coefficient (Wildman–Crippen LogP) is 3.56. The van der Waals surface area contributed by atoms with Gasteiger partial charge in [-0.15, -0.1) is 11.3 Å². The summed E-state index contributed by atoms with van der Waals surface area (Å²) in [5.74, 6) is 1.19. The maximum absolute atomic E-state index is 13.3. The predicted molar refractivity (Wildman–Crippen MR) is 127 cm³/mol. The second-order valence-corrected chi connectivity index (χ2v) is 9.72. The average Bonchev–Trinajstić information content (AvgIpc) is 3.28. The van der Waals surface area contributed by atoms with Crippen LogP contribution in [0.2, 0.25) is 0 Å². The molecule has 1 fully saturated rings. The fraction of sp³-hybridized carbons (Fsp3) is 0.520. The van der Waals surface area contributed by atoms with Crippen LogP contribution in [0.4, 0.5) is 0 Å². The summed E-state index contributed by atoms with van der Waals surface area (Å²) in [7, 11) is 1.67. The van der Waals surface area contributed by atoms with Crippen LogP contribution in [0.25, 0.3) is 0 Å².